The van der Waals surface area contributed by atoms with Crippen LogP contribution in [0, 0.1) is 0 Å². The first kappa shape index (κ1) is 18.4. The van der Waals surface area contributed by atoms with Crippen LogP contribution in [0.5, 0.6) is 0 Å². The largest absolute Gasteiger partial charge is 0.417 e. The lowest BCUT2D eigenvalue weighted by atomic mass is 10.1. The molecule has 0 radical (unpaired) electrons. The molecule has 0 aliphatic heterocycles. The van der Waals surface area contributed by atoms with Crippen LogP contribution < -0.4 is 11.2 Å². The zero-order chi connectivity index (χ0) is 19.1. The molecule has 0 saturated carbocycles. The molecule has 3 rings (SSSR count). The van der Waals surface area contributed by atoms with Gasteiger partial charge in [-0.1, -0.05) is 19.4 Å². The standard InChI is InChI=1S/C17H16F3N3O2S/c1-3-4-7-23-14-13(15(24)22(2)16(23)25)10(17(18,19)20)9-11(21-14)12-6-5-8-26-12/h5-6,8-9H,3-4,7H2,1-2H3. The second-order valence-electron chi connectivity index (χ2n) is 5.88. The molecule has 0 saturated heterocycles. The van der Waals surface area contributed by atoms with Gasteiger partial charge in [0.2, 0.25) is 0 Å². The number of pyridine rings is 1. The smallest absolute Gasteiger partial charge is 0.277 e. The third-order valence-electron chi connectivity index (χ3n) is 4.11. The summed E-state index contributed by atoms with van der Waals surface area (Å²) in [4.78, 5) is 29.7. The molecule has 3 heterocycles. The van der Waals surface area contributed by atoms with Crippen molar-refractivity contribution < 1.29 is 13.2 Å². The average molecular weight is 383 g/mol. The molecule has 138 valence electrons. The number of aromatic nitrogens is 3. The Kier molecular flexibility index (Phi) is 4.74. The van der Waals surface area contributed by atoms with Crippen LogP contribution in [0.15, 0.2) is 33.2 Å². The number of alkyl halides is 3. The van der Waals surface area contributed by atoms with E-state index in [1.54, 1.807) is 17.5 Å². The topological polar surface area (TPSA) is 56.9 Å². The van der Waals surface area contributed by atoms with Crippen LogP contribution in [0.3, 0.4) is 0 Å². The molecule has 0 atom stereocenters. The molecular formula is C17H16F3N3O2S. The fourth-order valence-corrected chi connectivity index (χ4v) is 3.44. The van der Waals surface area contributed by atoms with Gasteiger partial charge in [-0.05, 0) is 23.9 Å². The van der Waals surface area contributed by atoms with Gasteiger partial charge in [0, 0.05) is 13.6 Å². The highest BCUT2D eigenvalue weighted by Crippen LogP contribution is 2.36. The minimum absolute atomic E-state index is 0.0951. The number of nitrogens with zero attached hydrogens (tertiary/aromatic N) is 3. The number of aryl methyl sites for hydroxylation is 1. The Balaban J connectivity index is 2.49. The number of halogens is 3. The van der Waals surface area contributed by atoms with Gasteiger partial charge in [-0.15, -0.1) is 11.3 Å². The van der Waals surface area contributed by atoms with Crippen LogP contribution in [-0.2, 0) is 19.8 Å². The van der Waals surface area contributed by atoms with Crippen LogP contribution in [0.2, 0.25) is 0 Å². The maximum Gasteiger partial charge on any atom is 0.417 e. The quantitative estimate of drug-likeness (QED) is 0.691. The van der Waals surface area contributed by atoms with E-state index in [9.17, 15) is 22.8 Å². The summed E-state index contributed by atoms with van der Waals surface area (Å²) >= 11 is 1.24. The van der Waals surface area contributed by atoms with Crippen molar-refractivity contribution in [2.75, 3.05) is 0 Å². The molecular weight excluding hydrogens is 367 g/mol. The van der Waals surface area contributed by atoms with Gasteiger partial charge in [0.25, 0.3) is 5.56 Å². The first-order valence-corrected chi connectivity index (χ1v) is 8.89. The van der Waals surface area contributed by atoms with Crippen molar-refractivity contribution in [3.05, 3.63) is 50.0 Å². The second-order valence-corrected chi connectivity index (χ2v) is 6.83. The fourth-order valence-electron chi connectivity index (χ4n) is 2.76. The SMILES string of the molecule is CCCCn1c(=O)n(C)c(=O)c2c(C(F)(F)F)cc(-c3cccs3)nc21. The Morgan fingerprint density at radius 1 is 1.27 bits per heavy atom. The zero-order valence-electron chi connectivity index (χ0n) is 14.1. The van der Waals surface area contributed by atoms with Crippen LogP contribution in [0.25, 0.3) is 21.6 Å². The van der Waals surface area contributed by atoms with Gasteiger partial charge in [0.15, 0.2) is 5.65 Å². The van der Waals surface area contributed by atoms with Gasteiger partial charge < -0.3 is 0 Å². The van der Waals surface area contributed by atoms with Crippen molar-refractivity contribution in [1.29, 1.82) is 0 Å². The molecule has 0 fully saturated rings. The molecule has 0 N–H and O–H groups in total. The van der Waals surface area contributed by atoms with Gasteiger partial charge in [-0.3, -0.25) is 13.9 Å². The summed E-state index contributed by atoms with van der Waals surface area (Å²) in [6.07, 6.45) is -3.42. The highest BCUT2D eigenvalue weighted by molar-refractivity contribution is 7.13. The van der Waals surface area contributed by atoms with Crippen LogP contribution in [0.4, 0.5) is 13.2 Å². The Hall–Kier alpha value is -2.42. The Labute approximate surface area is 150 Å². The second kappa shape index (κ2) is 6.71. The molecule has 9 heteroatoms. The molecule has 0 bridgehead atoms. The first-order valence-electron chi connectivity index (χ1n) is 8.01. The highest BCUT2D eigenvalue weighted by atomic mass is 32.1. The van der Waals surface area contributed by atoms with Crippen molar-refractivity contribution >= 4 is 22.4 Å². The molecule has 0 aliphatic carbocycles. The van der Waals surface area contributed by atoms with Gasteiger partial charge >= 0.3 is 11.9 Å². The first-order chi connectivity index (χ1) is 12.3. The summed E-state index contributed by atoms with van der Waals surface area (Å²) < 4.78 is 42.9. The van der Waals surface area contributed by atoms with Crippen molar-refractivity contribution in [3.63, 3.8) is 0 Å². The van der Waals surface area contributed by atoms with Gasteiger partial charge in [-0.2, -0.15) is 13.2 Å². The predicted molar refractivity (Wildman–Crippen MR) is 94.5 cm³/mol. The van der Waals surface area contributed by atoms with E-state index in [4.69, 9.17) is 0 Å². The third-order valence-corrected chi connectivity index (χ3v) is 5.00. The Morgan fingerprint density at radius 2 is 2.00 bits per heavy atom. The third kappa shape index (κ3) is 3.07. The predicted octanol–water partition coefficient (Wildman–Crippen LogP) is 3.64. The lowest BCUT2D eigenvalue weighted by Crippen LogP contribution is -2.39. The molecule has 0 amide bonds. The van der Waals surface area contributed by atoms with Crippen LogP contribution in [-0.4, -0.2) is 14.1 Å². The monoisotopic (exact) mass is 383 g/mol. The van der Waals surface area contributed by atoms with E-state index in [2.05, 4.69) is 4.98 Å². The molecule has 0 aromatic carbocycles. The van der Waals surface area contributed by atoms with Crippen molar-refractivity contribution in [2.45, 2.75) is 32.5 Å². The summed E-state index contributed by atoms with van der Waals surface area (Å²) in [6, 6.07) is 4.23. The van der Waals surface area contributed by atoms with E-state index >= 15 is 0 Å². The van der Waals surface area contributed by atoms with E-state index in [-0.39, 0.29) is 17.9 Å². The molecule has 0 aliphatic rings. The van der Waals surface area contributed by atoms with E-state index in [1.165, 1.54) is 18.4 Å². The highest BCUT2D eigenvalue weighted by Gasteiger charge is 2.36. The fraction of sp³-hybridized carbons (Fsp3) is 0.353. The summed E-state index contributed by atoms with van der Waals surface area (Å²) in [5.74, 6) is 0. The van der Waals surface area contributed by atoms with E-state index in [0.717, 1.165) is 17.1 Å². The number of rotatable bonds is 4. The maximum atomic E-state index is 13.7. The van der Waals surface area contributed by atoms with Crippen molar-refractivity contribution in [2.24, 2.45) is 7.05 Å². The van der Waals surface area contributed by atoms with Crippen molar-refractivity contribution in [3.8, 4) is 10.6 Å². The normalized spacial score (nSPS) is 12.0. The molecule has 3 aromatic rings. The summed E-state index contributed by atoms with van der Waals surface area (Å²) in [5, 5.41) is 1.15. The summed E-state index contributed by atoms with van der Waals surface area (Å²) in [6.45, 7) is 2.10. The lowest BCUT2D eigenvalue weighted by Gasteiger charge is -2.16. The van der Waals surface area contributed by atoms with Crippen LogP contribution >= 0.6 is 11.3 Å². The number of hydrogen-bond donors (Lipinski definition) is 0. The Bertz CT molecular complexity index is 1070. The van der Waals surface area contributed by atoms with E-state index in [0.29, 0.717) is 15.9 Å². The van der Waals surface area contributed by atoms with E-state index < -0.39 is 28.4 Å². The van der Waals surface area contributed by atoms with Gasteiger partial charge in [0.1, 0.15) is 0 Å². The maximum absolute atomic E-state index is 13.7. The number of thiophene rings is 1. The number of hydrogen-bond acceptors (Lipinski definition) is 4. The lowest BCUT2D eigenvalue weighted by molar-refractivity contribution is -0.136. The molecule has 26 heavy (non-hydrogen) atoms. The molecule has 5 nitrogen and oxygen atoms in total. The van der Waals surface area contributed by atoms with E-state index in [1.807, 2.05) is 6.92 Å². The Morgan fingerprint density at radius 3 is 2.58 bits per heavy atom. The zero-order valence-corrected chi connectivity index (χ0v) is 14.9. The average Bonchev–Trinajstić information content (AvgIpc) is 3.12. The van der Waals surface area contributed by atoms with Crippen molar-refractivity contribution in [1.82, 2.24) is 14.1 Å². The van der Waals surface area contributed by atoms with Gasteiger partial charge in [0.05, 0.1) is 21.5 Å². The summed E-state index contributed by atoms with van der Waals surface area (Å²) in [7, 11) is 1.18. The molecule has 0 spiro atoms. The molecule has 0 unspecified atom stereocenters. The molecule has 3 aromatic heterocycles. The minimum Gasteiger partial charge on any atom is -0.277 e. The number of unbranched alkanes of at least 4 members (excludes halogenated alkanes) is 1. The van der Waals surface area contributed by atoms with Crippen LogP contribution in [0.1, 0.15) is 25.3 Å². The minimum atomic E-state index is -4.74. The summed E-state index contributed by atoms with van der Waals surface area (Å²) in [5.41, 5.74) is -2.85. The van der Waals surface area contributed by atoms with Gasteiger partial charge in [-0.25, -0.2) is 9.78 Å². The number of fused-ring (bicyclic) bond motifs is 1.